The SMILES string of the molecule is NC(O)C[n+]1ccsc1.[Br-]. The van der Waals surface area contributed by atoms with Crippen molar-refractivity contribution in [1.29, 1.82) is 0 Å². The van der Waals surface area contributed by atoms with Crippen LogP contribution in [0, 0.1) is 0 Å². The number of nitrogens with two attached hydrogens (primary N) is 1. The first-order valence-corrected chi connectivity index (χ1v) is 3.58. The number of aliphatic hydroxyl groups is 1. The molecule has 0 bridgehead atoms. The van der Waals surface area contributed by atoms with E-state index in [4.69, 9.17) is 10.8 Å². The van der Waals surface area contributed by atoms with Crippen molar-refractivity contribution in [1.82, 2.24) is 0 Å². The zero-order chi connectivity index (χ0) is 6.69. The number of thiazole rings is 1. The standard InChI is InChI=1S/C5H9N2OS.BrH/c6-5(8)3-7-1-2-9-4-7;/h1-2,4-5,8H,3,6H2;1H/q+1;/p-1. The van der Waals surface area contributed by atoms with Crippen LogP contribution in [0.3, 0.4) is 0 Å². The van der Waals surface area contributed by atoms with Crippen LogP contribution in [0.2, 0.25) is 0 Å². The maximum absolute atomic E-state index is 8.69. The molecule has 3 nitrogen and oxygen atoms in total. The van der Waals surface area contributed by atoms with Gasteiger partial charge in [0.05, 0.1) is 5.38 Å². The van der Waals surface area contributed by atoms with Gasteiger partial charge in [-0.1, -0.05) is 11.3 Å². The van der Waals surface area contributed by atoms with Gasteiger partial charge in [0, 0.05) is 0 Å². The Morgan fingerprint density at radius 2 is 2.40 bits per heavy atom. The van der Waals surface area contributed by atoms with Crippen LogP contribution in [-0.2, 0) is 6.54 Å². The van der Waals surface area contributed by atoms with Crippen molar-refractivity contribution in [2.45, 2.75) is 12.8 Å². The van der Waals surface area contributed by atoms with Crippen molar-refractivity contribution >= 4 is 11.3 Å². The average molecular weight is 225 g/mol. The van der Waals surface area contributed by atoms with Gasteiger partial charge in [-0.25, -0.2) is 0 Å². The Labute approximate surface area is 73.9 Å². The maximum atomic E-state index is 8.69. The summed E-state index contributed by atoms with van der Waals surface area (Å²) in [6, 6.07) is 0. The van der Waals surface area contributed by atoms with Crippen LogP contribution in [-0.4, -0.2) is 11.3 Å². The normalized spacial score (nSPS) is 12.2. The van der Waals surface area contributed by atoms with E-state index in [1.54, 1.807) is 11.3 Å². The highest BCUT2D eigenvalue weighted by Gasteiger charge is 2.03. The maximum Gasteiger partial charge on any atom is 0.224 e. The minimum absolute atomic E-state index is 0. The van der Waals surface area contributed by atoms with Crippen molar-refractivity contribution < 1.29 is 26.7 Å². The summed E-state index contributed by atoms with van der Waals surface area (Å²) in [5.41, 5.74) is 7.02. The molecule has 1 unspecified atom stereocenters. The molecule has 58 valence electrons. The summed E-state index contributed by atoms with van der Waals surface area (Å²) in [5, 5.41) is 10.6. The Bertz CT molecular complexity index is 166. The summed E-state index contributed by atoms with van der Waals surface area (Å²) < 4.78 is 1.84. The van der Waals surface area contributed by atoms with E-state index in [0.717, 1.165) is 0 Å². The highest BCUT2D eigenvalue weighted by molar-refractivity contribution is 7.07. The van der Waals surface area contributed by atoms with E-state index < -0.39 is 6.23 Å². The smallest absolute Gasteiger partial charge is 0.224 e. The van der Waals surface area contributed by atoms with E-state index in [1.165, 1.54) is 0 Å². The first-order chi connectivity index (χ1) is 4.29. The number of nitrogens with zero attached hydrogens (tertiary/aromatic N) is 1. The van der Waals surface area contributed by atoms with Crippen LogP contribution in [0.25, 0.3) is 0 Å². The van der Waals surface area contributed by atoms with Crippen LogP contribution in [0.4, 0.5) is 0 Å². The van der Waals surface area contributed by atoms with Crippen LogP contribution < -0.4 is 27.3 Å². The monoisotopic (exact) mass is 224 g/mol. The fraction of sp³-hybridized carbons (Fsp3) is 0.400. The quantitative estimate of drug-likeness (QED) is 0.402. The van der Waals surface area contributed by atoms with Gasteiger partial charge in [-0.3, -0.25) is 0 Å². The van der Waals surface area contributed by atoms with Gasteiger partial charge in [0.2, 0.25) is 5.51 Å². The number of aromatic nitrogens is 1. The molecule has 0 fully saturated rings. The second kappa shape index (κ2) is 4.79. The number of aliphatic hydroxyl groups excluding tert-OH is 1. The Balaban J connectivity index is 0.000000810. The predicted octanol–water partition coefficient (Wildman–Crippen LogP) is -3.68. The molecule has 3 N–H and O–H groups in total. The largest absolute Gasteiger partial charge is 1.00 e. The Hall–Kier alpha value is 0.0300. The van der Waals surface area contributed by atoms with Crippen LogP contribution in [0.5, 0.6) is 0 Å². The average Bonchev–Trinajstić information content (AvgIpc) is 2.15. The molecular weight excluding hydrogens is 216 g/mol. The fourth-order valence-electron chi connectivity index (χ4n) is 0.582. The minimum atomic E-state index is -0.746. The molecule has 5 heteroatoms. The van der Waals surface area contributed by atoms with Gasteiger partial charge >= 0.3 is 0 Å². The van der Waals surface area contributed by atoms with Gasteiger partial charge in [0.25, 0.3) is 0 Å². The van der Waals surface area contributed by atoms with Gasteiger partial charge in [0.1, 0.15) is 0 Å². The summed E-state index contributed by atoms with van der Waals surface area (Å²) in [6.45, 7) is 0.476. The molecule has 1 atom stereocenters. The second-order valence-electron chi connectivity index (χ2n) is 1.79. The first-order valence-electron chi connectivity index (χ1n) is 2.64. The molecule has 1 aromatic heterocycles. The molecule has 0 saturated heterocycles. The molecule has 0 aromatic carbocycles. The topological polar surface area (TPSA) is 50.1 Å². The van der Waals surface area contributed by atoms with E-state index >= 15 is 0 Å². The molecule has 0 saturated carbocycles. The predicted molar refractivity (Wildman–Crippen MR) is 34.7 cm³/mol. The summed E-state index contributed by atoms with van der Waals surface area (Å²) in [5.74, 6) is 0. The lowest BCUT2D eigenvalue weighted by Gasteiger charge is -1.94. The lowest BCUT2D eigenvalue weighted by atomic mass is 10.6. The van der Waals surface area contributed by atoms with E-state index in [-0.39, 0.29) is 17.0 Å². The summed E-state index contributed by atoms with van der Waals surface area (Å²) in [4.78, 5) is 0. The third-order valence-corrected chi connectivity index (χ3v) is 1.60. The molecule has 0 amide bonds. The summed E-state index contributed by atoms with van der Waals surface area (Å²) in [7, 11) is 0. The van der Waals surface area contributed by atoms with Crippen molar-refractivity contribution in [3.05, 3.63) is 17.1 Å². The zero-order valence-electron chi connectivity index (χ0n) is 5.27. The lowest BCUT2D eigenvalue weighted by molar-refractivity contribution is -0.698. The van der Waals surface area contributed by atoms with Crippen molar-refractivity contribution in [3.8, 4) is 0 Å². The van der Waals surface area contributed by atoms with Crippen LogP contribution >= 0.6 is 11.3 Å². The Kier molecular flexibility index (Phi) is 4.80. The molecule has 0 aliphatic heterocycles. The third kappa shape index (κ3) is 3.26. The molecule has 1 rings (SSSR count). The number of rotatable bonds is 2. The number of hydrogen-bond acceptors (Lipinski definition) is 3. The van der Waals surface area contributed by atoms with Crippen molar-refractivity contribution in [2.24, 2.45) is 5.73 Å². The minimum Gasteiger partial charge on any atom is -1.00 e. The van der Waals surface area contributed by atoms with Crippen LogP contribution in [0.15, 0.2) is 17.1 Å². The highest BCUT2D eigenvalue weighted by Crippen LogP contribution is 1.87. The van der Waals surface area contributed by atoms with Gasteiger partial charge < -0.3 is 27.8 Å². The second-order valence-corrected chi connectivity index (χ2v) is 2.55. The van der Waals surface area contributed by atoms with Gasteiger partial charge in [0.15, 0.2) is 19.0 Å². The third-order valence-electron chi connectivity index (χ3n) is 0.925. The number of halogens is 1. The van der Waals surface area contributed by atoms with Gasteiger partial charge in [-0.15, -0.1) is 0 Å². The molecule has 10 heavy (non-hydrogen) atoms. The zero-order valence-corrected chi connectivity index (χ0v) is 7.68. The molecule has 0 radical (unpaired) electrons. The molecule has 1 heterocycles. The molecule has 0 spiro atoms. The van der Waals surface area contributed by atoms with E-state index in [0.29, 0.717) is 6.54 Å². The highest BCUT2D eigenvalue weighted by atomic mass is 79.9. The van der Waals surface area contributed by atoms with E-state index in [2.05, 4.69) is 0 Å². The van der Waals surface area contributed by atoms with Gasteiger partial charge in [-0.05, 0) is 0 Å². The fourth-order valence-corrected chi connectivity index (χ4v) is 1.19. The van der Waals surface area contributed by atoms with Gasteiger partial charge in [-0.2, -0.15) is 4.57 Å². The van der Waals surface area contributed by atoms with E-state index in [9.17, 15) is 0 Å². The summed E-state index contributed by atoms with van der Waals surface area (Å²) in [6.07, 6.45) is 1.13. The van der Waals surface area contributed by atoms with Crippen molar-refractivity contribution in [2.75, 3.05) is 0 Å². The first kappa shape index (κ1) is 10.0. The number of hydrogen-bond donors (Lipinski definition) is 2. The van der Waals surface area contributed by atoms with Crippen LogP contribution in [0.1, 0.15) is 0 Å². The lowest BCUT2D eigenvalue weighted by Crippen LogP contribution is -3.00. The van der Waals surface area contributed by atoms with E-state index in [1.807, 2.05) is 21.7 Å². The summed E-state index contributed by atoms with van der Waals surface area (Å²) >= 11 is 1.58. The molecular formula is C5H9BrN2OS. The Morgan fingerprint density at radius 1 is 1.70 bits per heavy atom. The molecule has 0 aliphatic carbocycles. The van der Waals surface area contributed by atoms with Crippen molar-refractivity contribution in [3.63, 3.8) is 0 Å². The Morgan fingerprint density at radius 3 is 2.80 bits per heavy atom. The molecule has 0 aliphatic rings. The molecule has 1 aromatic rings.